The van der Waals surface area contributed by atoms with E-state index < -0.39 is 0 Å². The third kappa shape index (κ3) is 3.81. The SMILES string of the molecule is OCCCCCNc1ncnc2c1nnn2Cc1ccccc1. The summed E-state index contributed by atoms with van der Waals surface area (Å²) >= 11 is 0. The molecule has 2 heterocycles. The number of aliphatic hydroxyl groups is 1. The van der Waals surface area contributed by atoms with Crippen molar-refractivity contribution >= 4 is 17.0 Å². The summed E-state index contributed by atoms with van der Waals surface area (Å²) < 4.78 is 1.78. The Hall–Kier alpha value is -2.54. The van der Waals surface area contributed by atoms with Gasteiger partial charge in [-0.2, -0.15) is 0 Å². The first-order chi connectivity index (χ1) is 11.4. The highest BCUT2D eigenvalue weighted by Crippen LogP contribution is 2.17. The van der Waals surface area contributed by atoms with Crippen LogP contribution in [0.25, 0.3) is 11.2 Å². The predicted octanol–water partition coefficient (Wildman–Crippen LogP) is 1.84. The molecule has 0 saturated carbocycles. The van der Waals surface area contributed by atoms with Crippen molar-refractivity contribution in [1.82, 2.24) is 25.0 Å². The molecule has 120 valence electrons. The zero-order valence-electron chi connectivity index (χ0n) is 12.9. The van der Waals surface area contributed by atoms with E-state index in [1.54, 1.807) is 4.68 Å². The Kier molecular flexibility index (Phi) is 5.10. The van der Waals surface area contributed by atoms with Gasteiger partial charge in [0.1, 0.15) is 6.33 Å². The molecule has 3 rings (SSSR count). The molecule has 1 aromatic carbocycles. The maximum Gasteiger partial charge on any atom is 0.184 e. The van der Waals surface area contributed by atoms with Crippen molar-refractivity contribution in [1.29, 1.82) is 0 Å². The second kappa shape index (κ2) is 7.64. The average Bonchev–Trinajstić information content (AvgIpc) is 2.99. The zero-order valence-corrected chi connectivity index (χ0v) is 12.9. The van der Waals surface area contributed by atoms with Gasteiger partial charge >= 0.3 is 0 Å². The van der Waals surface area contributed by atoms with Gasteiger partial charge in [0.2, 0.25) is 0 Å². The monoisotopic (exact) mass is 312 g/mol. The normalized spacial score (nSPS) is 11.0. The third-order valence-corrected chi connectivity index (χ3v) is 3.60. The fourth-order valence-corrected chi connectivity index (χ4v) is 2.40. The first-order valence-electron chi connectivity index (χ1n) is 7.81. The largest absolute Gasteiger partial charge is 0.396 e. The number of unbranched alkanes of at least 4 members (excludes halogenated alkanes) is 2. The Morgan fingerprint density at radius 1 is 1.04 bits per heavy atom. The van der Waals surface area contributed by atoms with E-state index in [9.17, 15) is 0 Å². The lowest BCUT2D eigenvalue weighted by Gasteiger charge is -2.05. The van der Waals surface area contributed by atoms with Crippen LogP contribution in [0.2, 0.25) is 0 Å². The van der Waals surface area contributed by atoms with Crippen molar-refractivity contribution in [3.05, 3.63) is 42.2 Å². The van der Waals surface area contributed by atoms with Crippen molar-refractivity contribution in [2.24, 2.45) is 0 Å². The molecular weight excluding hydrogens is 292 g/mol. The number of benzene rings is 1. The number of nitrogens with zero attached hydrogens (tertiary/aromatic N) is 5. The molecule has 0 radical (unpaired) electrons. The highest BCUT2D eigenvalue weighted by atomic mass is 16.2. The van der Waals surface area contributed by atoms with Crippen LogP contribution in [0.1, 0.15) is 24.8 Å². The number of hydrogen-bond donors (Lipinski definition) is 2. The lowest BCUT2D eigenvalue weighted by molar-refractivity contribution is 0.283. The van der Waals surface area contributed by atoms with Crippen molar-refractivity contribution in [2.75, 3.05) is 18.5 Å². The van der Waals surface area contributed by atoms with Crippen molar-refractivity contribution in [3.63, 3.8) is 0 Å². The molecule has 7 heteroatoms. The van der Waals surface area contributed by atoms with Crippen LogP contribution in [0.4, 0.5) is 5.82 Å². The Morgan fingerprint density at radius 3 is 2.74 bits per heavy atom. The Labute approximate surface area is 134 Å². The minimum absolute atomic E-state index is 0.242. The van der Waals surface area contributed by atoms with E-state index >= 15 is 0 Å². The summed E-state index contributed by atoms with van der Waals surface area (Å²) in [5, 5.41) is 20.5. The molecule has 0 saturated heterocycles. The molecule has 0 atom stereocenters. The molecule has 0 aliphatic rings. The Balaban J connectivity index is 1.72. The second-order valence-corrected chi connectivity index (χ2v) is 5.34. The molecule has 0 amide bonds. The standard InChI is InChI=1S/C16H20N6O/c23-10-6-2-5-9-17-15-14-16(19-12-18-15)22(21-20-14)11-13-7-3-1-4-8-13/h1,3-4,7-8,12,23H,2,5-6,9-11H2,(H,17,18,19). The average molecular weight is 312 g/mol. The van der Waals surface area contributed by atoms with Crippen LogP contribution >= 0.6 is 0 Å². The van der Waals surface area contributed by atoms with E-state index in [1.807, 2.05) is 18.2 Å². The molecule has 3 aromatic rings. The molecule has 2 N–H and O–H groups in total. The van der Waals surface area contributed by atoms with Crippen LogP contribution in [0.15, 0.2) is 36.7 Å². The van der Waals surface area contributed by atoms with Gasteiger partial charge in [0.25, 0.3) is 0 Å². The first-order valence-corrected chi connectivity index (χ1v) is 7.81. The van der Waals surface area contributed by atoms with E-state index in [0.29, 0.717) is 17.9 Å². The summed E-state index contributed by atoms with van der Waals surface area (Å²) in [6, 6.07) is 10.1. The quantitative estimate of drug-likeness (QED) is 0.617. The van der Waals surface area contributed by atoms with Gasteiger partial charge in [-0.05, 0) is 24.8 Å². The van der Waals surface area contributed by atoms with E-state index in [-0.39, 0.29) is 6.61 Å². The number of aromatic nitrogens is 5. The Bertz CT molecular complexity index is 743. The number of fused-ring (bicyclic) bond motifs is 1. The first kappa shape index (κ1) is 15.4. The number of rotatable bonds is 8. The number of aliphatic hydroxyl groups excluding tert-OH is 1. The highest BCUT2D eigenvalue weighted by Gasteiger charge is 2.11. The van der Waals surface area contributed by atoms with Crippen LogP contribution in [-0.4, -0.2) is 43.2 Å². The number of anilines is 1. The molecule has 2 aromatic heterocycles. The second-order valence-electron chi connectivity index (χ2n) is 5.34. The van der Waals surface area contributed by atoms with Crippen LogP contribution in [0.5, 0.6) is 0 Å². The molecule has 0 aliphatic heterocycles. The van der Waals surface area contributed by atoms with E-state index in [2.05, 4.69) is 37.7 Å². The maximum absolute atomic E-state index is 8.79. The molecular formula is C16H20N6O. The van der Waals surface area contributed by atoms with Gasteiger partial charge in [0.05, 0.1) is 6.54 Å². The molecule has 0 bridgehead atoms. The van der Waals surface area contributed by atoms with Gasteiger partial charge in [-0.1, -0.05) is 35.5 Å². The van der Waals surface area contributed by atoms with Crippen LogP contribution < -0.4 is 5.32 Å². The summed E-state index contributed by atoms with van der Waals surface area (Å²) in [5.41, 5.74) is 2.56. The highest BCUT2D eigenvalue weighted by molar-refractivity contribution is 5.81. The fourth-order valence-electron chi connectivity index (χ4n) is 2.40. The Morgan fingerprint density at radius 2 is 1.91 bits per heavy atom. The lowest BCUT2D eigenvalue weighted by atomic mass is 10.2. The molecule has 0 fully saturated rings. The van der Waals surface area contributed by atoms with Crippen molar-refractivity contribution in [2.45, 2.75) is 25.8 Å². The van der Waals surface area contributed by atoms with Crippen LogP contribution in [-0.2, 0) is 6.54 Å². The minimum Gasteiger partial charge on any atom is -0.396 e. The zero-order chi connectivity index (χ0) is 15.9. The molecule has 23 heavy (non-hydrogen) atoms. The third-order valence-electron chi connectivity index (χ3n) is 3.60. The number of nitrogens with one attached hydrogen (secondary N) is 1. The number of hydrogen-bond acceptors (Lipinski definition) is 6. The van der Waals surface area contributed by atoms with E-state index in [4.69, 9.17) is 5.11 Å². The fraction of sp³-hybridized carbons (Fsp3) is 0.375. The molecule has 7 nitrogen and oxygen atoms in total. The summed E-state index contributed by atoms with van der Waals surface area (Å²) in [6.45, 7) is 1.66. The van der Waals surface area contributed by atoms with Gasteiger partial charge < -0.3 is 10.4 Å². The maximum atomic E-state index is 8.79. The summed E-state index contributed by atoms with van der Waals surface area (Å²) in [4.78, 5) is 8.57. The summed E-state index contributed by atoms with van der Waals surface area (Å²) in [5.74, 6) is 0.707. The van der Waals surface area contributed by atoms with Crippen molar-refractivity contribution < 1.29 is 5.11 Å². The summed E-state index contributed by atoms with van der Waals surface area (Å²) in [6.07, 6.45) is 4.32. The van der Waals surface area contributed by atoms with Gasteiger partial charge in [-0.3, -0.25) is 0 Å². The van der Waals surface area contributed by atoms with Gasteiger partial charge in [-0.25, -0.2) is 14.6 Å². The lowest BCUT2D eigenvalue weighted by Crippen LogP contribution is -2.06. The predicted molar refractivity (Wildman–Crippen MR) is 88.1 cm³/mol. The van der Waals surface area contributed by atoms with E-state index in [1.165, 1.54) is 6.33 Å². The van der Waals surface area contributed by atoms with Gasteiger partial charge in [0, 0.05) is 13.2 Å². The van der Waals surface area contributed by atoms with Crippen LogP contribution in [0, 0.1) is 0 Å². The topological polar surface area (TPSA) is 88.8 Å². The minimum atomic E-state index is 0.242. The van der Waals surface area contributed by atoms with Crippen LogP contribution in [0.3, 0.4) is 0 Å². The summed E-state index contributed by atoms with van der Waals surface area (Å²) in [7, 11) is 0. The van der Waals surface area contributed by atoms with Gasteiger partial charge in [-0.15, -0.1) is 5.10 Å². The smallest absolute Gasteiger partial charge is 0.184 e. The van der Waals surface area contributed by atoms with Crippen molar-refractivity contribution in [3.8, 4) is 0 Å². The molecule has 0 unspecified atom stereocenters. The van der Waals surface area contributed by atoms with E-state index in [0.717, 1.165) is 37.0 Å². The molecule has 0 spiro atoms. The molecule has 0 aliphatic carbocycles. The van der Waals surface area contributed by atoms with Gasteiger partial charge in [0.15, 0.2) is 17.0 Å².